The molecule has 3 nitrogen and oxygen atoms in total. The summed E-state index contributed by atoms with van der Waals surface area (Å²) >= 11 is 0. The summed E-state index contributed by atoms with van der Waals surface area (Å²) < 4.78 is 12.2. The summed E-state index contributed by atoms with van der Waals surface area (Å²) in [5.41, 5.74) is 7.03. The third kappa shape index (κ3) is 2.07. The Morgan fingerprint density at radius 3 is 2.78 bits per heavy atom. The van der Waals surface area contributed by atoms with Crippen molar-refractivity contribution in [2.45, 2.75) is 43.5 Å². The van der Waals surface area contributed by atoms with Crippen LogP contribution >= 0.6 is 0 Å². The zero-order valence-corrected chi connectivity index (χ0v) is 10.7. The Bertz CT molecular complexity index is 395. The van der Waals surface area contributed by atoms with Crippen LogP contribution in [-0.4, -0.2) is 25.0 Å². The Labute approximate surface area is 108 Å². The summed E-state index contributed by atoms with van der Waals surface area (Å²) in [5, 5.41) is 0. The van der Waals surface area contributed by atoms with E-state index < -0.39 is 5.79 Å². The highest BCUT2D eigenvalue weighted by Gasteiger charge is 2.49. The fraction of sp³-hybridized carbons (Fsp3) is 0.600. The van der Waals surface area contributed by atoms with Crippen LogP contribution in [0.4, 0.5) is 0 Å². The first kappa shape index (κ1) is 12.2. The van der Waals surface area contributed by atoms with Crippen LogP contribution in [0.5, 0.6) is 0 Å². The quantitative estimate of drug-likeness (QED) is 0.873. The summed E-state index contributed by atoms with van der Waals surface area (Å²) in [5.74, 6) is -0.0621. The summed E-state index contributed by atoms with van der Waals surface area (Å²) in [6.45, 7) is 1.18. The topological polar surface area (TPSA) is 44.5 Å². The third-order valence-corrected chi connectivity index (χ3v) is 4.14. The SMILES string of the molecule is NCC1COC2(CCCCC2c2ccccc2)O1. The number of hydrogen-bond donors (Lipinski definition) is 1. The molecule has 98 valence electrons. The molecule has 1 aliphatic heterocycles. The molecule has 3 heteroatoms. The van der Waals surface area contributed by atoms with Gasteiger partial charge in [-0.3, -0.25) is 0 Å². The molecular formula is C15H21NO2. The lowest BCUT2D eigenvalue weighted by atomic mass is 9.79. The van der Waals surface area contributed by atoms with Crippen LogP contribution in [-0.2, 0) is 9.47 Å². The molecule has 2 fully saturated rings. The van der Waals surface area contributed by atoms with Crippen LogP contribution in [0.15, 0.2) is 30.3 Å². The molecule has 3 unspecified atom stereocenters. The van der Waals surface area contributed by atoms with Gasteiger partial charge in [-0.25, -0.2) is 0 Å². The van der Waals surface area contributed by atoms with Gasteiger partial charge < -0.3 is 15.2 Å². The highest BCUT2D eigenvalue weighted by atomic mass is 16.7. The minimum atomic E-state index is -0.413. The summed E-state index contributed by atoms with van der Waals surface area (Å²) in [6, 6.07) is 10.6. The fourth-order valence-electron chi connectivity index (χ4n) is 3.23. The van der Waals surface area contributed by atoms with E-state index >= 15 is 0 Å². The molecule has 3 rings (SSSR count). The molecule has 0 radical (unpaired) electrons. The van der Waals surface area contributed by atoms with Crippen molar-refractivity contribution in [2.24, 2.45) is 5.73 Å². The van der Waals surface area contributed by atoms with Crippen molar-refractivity contribution < 1.29 is 9.47 Å². The molecular weight excluding hydrogens is 226 g/mol. The Kier molecular flexibility index (Phi) is 3.37. The molecule has 1 spiro atoms. The monoisotopic (exact) mass is 247 g/mol. The standard InChI is InChI=1S/C15H21NO2/c16-10-13-11-17-15(18-13)9-5-4-8-14(15)12-6-2-1-3-7-12/h1-3,6-7,13-14H,4-5,8-11,16H2. The average Bonchev–Trinajstić information content (AvgIpc) is 2.84. The van der Waals surface area contributed by atoms with Gasteiger partial charge in [-0.2, -0.15) is 0 Å². The second-order valence-electron chi connectivity index (χ2n) is 5.31. The van der Waals surface area contributed by atoms with Crippen LogP contribution in [0.25, 0.3) is 0 Å². The Morgan fingerprint density at radius 1 is 1.22 bits per heavy atom. The lowest BCUT2D eigenvalue weighted by molar-refractivity contribution is -0.199. The zero-order valence-electron chi connectivity index (χ0n) is 10.7. The first-order valence-corrected chi connectivity index (χ1v) is 6.91. The van der Waals surface area contributed by atoms with Crippen molar-refractivity contribution in [3.63, 3.8) is 0 Å². The van der Waals surface area contributed by atoms with Crippen LogP contribution in [0.2, 0.25) is 0 Å². The number of benzene rings is 1. The van der Waals surface area contributed by atoms with Crippen molar-refractivity contribution in [1.82, 2.24) is 0 Å². The molecule has 1 aromatic carbocycles. The Hall–Kier alpha value is -0.900. The van der Waals surface area contributed by atoms with Gasteiger partial charge in [0.05, 0.1) is 12.7 Å². The molecule has 3 atom stereocenters. The smallest absolute Gasteiger partial charge is 0.175 e. The molecule has 0 aromatic heterocycles. The minimum Gasteiger partial charge on any atom is -0.347 e. The molecule has 1 saturated carbocycles. The average molecular weight is 247 g/mol. The molecule has 1 saturated heterocycles. The molecule has 1 aliphatic carbocycles. The van der Waals surface area contributed by atoms with Crippen LogP contribution in [0.1, 0.15) is 37.2 Å². The second kappa shape index (κ2) is 5.00. The van der Waals surface area contributed by atoms with Gasteiger partial charge in [-0.1, -0.05) is 36.8 Å². The largest absolute Gasteiger partial charge is 0.347 e. The van der Waals surface area contributed by atoms with E-state index in [1.54, 1.807) is 0 Å². The van der Waals surface area contributed by atoms with E-state index in [-0.39, 0.29) is 6.10 Å². The lowest BCUT2D eigenvalue weighted by Gasteiger charge is -2.40. The molecule has 1 heterocycles. The summed E-state index contributed by atoms with van der Waals surface area (Å²) in [4.78, 5) is 0. The van der Waals surface area contributed by atoms with E-state index in [4.69, 9.17) is 15.2 Å². The van der Waals surface area contributed by atoms with E-state index in [1.165, 1.54) is 18.4 Å². The number of hydrogen-bond acceptors (Lipinski definition) is 3. The normalized spacial score (nSPS) is 36.1. The zero-order chi connectivity index (χ0) is 12.4. The molecule has 0 amide bonds. The maximum absolute atomic E-state index is 6.16. The Morgan fingerprint density at radius 2 is 2.06 bits per heavy atom. The van der Waals surface area contributed by atoms with E-state index in [9.17, 15) is 0 Å². The lowest BCUT2D eigenvalue weighted by Crippen LogP contribution is -2.41. The van der Waals surface area contributed by atoms with Crippen molar-refractivity contribution in [3.8, 4) is 0 Å². The maximum atomic E-state index is 6.16. The van der Waals surface area contributed by atoms with Gasteiger partial charge >= 0.3 is 0 Å². The molecule has 2 N–H and O–H groups in total. The van der Waals surface area contributed by atoms with Gasteiger partial charge in [0.15, 0.2) is 5.79 Å². The summed E-state index contributed by atoms with van der Waals surface area (Å²) in [7, 11) is 0. The fourth-order valence-corrected chi connectivity index (χ4v) is 3.23. The van der Waals surface area contributed by atoms with E-state index in [0.717, 1.165) is 12.8 Å². The number of ether oxygens (including phenoxy) is 2. The van der Waals surface area contributed by atoms with Crippen LogP contribution in [0.3, 0.4) is 0 Å². The first-order chi connectivity index (χ1) is 8.84. The molecule has 2 aliphatic rings. The predicted octanol–water partition coefficient (Wildman–Crippen LogP) is 2.41. The summed E-state index contributed by atoms with van der Waals surface area (Å²) in [6.07, 6.45) is 4.63. The van der Waals surface area contributed by atoms with Crippen LogP contribution in [0, 0.1) is 0 Å². The number of nitrogens with two attached hydrogens (primary N) is 1. The van der Waals surface area contributed by atoms with Gasteiger partial charge in [-0.05, 0) is 18.4 Å². The van der Waals surface area contributed by atoms with Crippen LogP contribution < -0.4 is 5.73 Å². The minimum absolute atomic E-state index is 0.0642. The van der Waals surface area contributed by atoms with Gasteiger partial charge in [-0.15, -0.1) is 0 Å². The third-order valence-electron chi connectivity index (χ3n) is 4.14. The van der Waals surface area contributed by atoms with Gasteiger partial charge in [0.25, 0.3) is 0 Å². The van der Waals surface area contributed by atoms with Crippen molar-refractivity contribution in [3.05, 3.63) is 35.9 Å². The molecule has 18 heavy (non-hydrogen) atoms. The van der Waals surface area contributed by atoms with Crippen molar-refractivity contribution in [2.75, 3.05) is 13.2 Å². The maximum Gasteiger partial charge on any atom is 0.175 e. The highest BCUT2D eigenvalue weighted by Crippen LogP contribution is 2.47. The second-order valence-corrected chi connectivity index (χ2v) is 5.31. The van der Waals surface area contributed by atoms with Gasteiger partial charge in [0.1, 0.15) is 0 Å². The van der Waals surface area contributed by atoms with E-state index in [0.29, 0.717) is 19.1 Å². The van der Waals surface area contributed by atoms with Crippen molar-refractivity contribution >= 4 is 0 Å². The van der Waals surface area contributed by atoms with Crippen molar-refractivity contribution in [1.29, 1.82) is 0 Å². The van der Waals surface area contributed by atoms with Gasteiger partial charge in [0.2, 0.25) is 0 Å². The van der Waals surface area contributed by atoms with E-state index in [1.807, 2.05) is 0 Å². The Balaban J connectivity index is 1.87. The van der Waals surface area contributed by atoms with Gasteiger partial charge in [0, 0.05) is 18.9 Å². The predicted molar refractivity (Wildman–Crippen MR) is 70.3 cm³/mol. The molecule has 0 bridgehead atoms. The van der Waals surface area contributed by atoms with E-state index in [2.05, 4.69) is 30.3 Å². The number of rotatable bonds is 2. The first-order valence-electron chi connectivity index (χ1n) is 6.91. The highest BCUT2D eigenvalue weighted by molar-refractivity contribution is 5.23. The molecule has 1 aromatic rings.